The Bertz CT molecular complexity index is 1090. The summed E-state index contributed by atoms with van der Waals surface area (Å²) in [5.74, 6) is 0.393. The first-order chi connectivity index (χ1) is 13.4. The summed E-state index contributed by atoms with van der Waals surface area (Å²) < 4.78 is 41.6. The number of sulfone groups is 1. The Morgan fingerprint density at radius 1 is 1.04 bits per heavy atom. The molecule has 0 aliphatic carbocycles. The van der Waals surface area contributed by atoms with Crippen LogP contribution >= 0.6 is 0 Å². The number of hydrogen-bond acceptors (Lipinski definition) is 6. The molecule has 2 aromatic carbocycles. The molecule has 7 heteroatoms. The summed E-state index contributed by atoms with van der Waals surface area (Å²) in [6, 6.07) is 11.4. The van der Waals surface area contributed by atoms with Crippen LogP contribution in [-0.2, 0) is 20.3 Å². The van der Waals surface area contributed by atoms with Gasteiger partial charge < -0.3 is 13.9 Å². The van der Waals surface area contributed by atoms with E-state index in [4.69, 9.17) is 13.9 Å². The van der Waals surface area contributed by atoms with Gasteiger partial charge in [0.15, 0.2) is 9.84 Å². The molecule has 148 valence electrons. The third kappa shape index (κ3) is 4.04. The molecule has 3 aromatic rings. The third-order valence-electron chi connectivity index (χ3n) is 4.26. The zero-order valence-corrected chi connectivity index (χ0v) is 16.8. The summed E-state index contributed by atoms with van der Waals surface area (Å²) in [5.41, 5.74) is 1.41. The van der Waals surface area contributed by atoms with Gasteiger partial charge in [-0.15, -0.1) is 0 Å². The Balaban J connectivity index is 1.93. The lowest BCUT2D eigenvalue weighted by Crippen LogP contribution is -2.06. The SMILES string of the molecule is CCOC(=O)c1c(C)oc2ccc(CS(=O)(=O)c3ccc(OCC)cc3)cc12. The minimum absolute atomic E-state index is 0.191. The lowest BCUT2D eigenvalue weighted by molar-refractivity contribution is 0.0526. The van der Waals surface area contributed by atoms with Gasteiger partial charge in [-0.1, -0.05) is 6.07 Å². The Kier molecular flexibility index (Phi) is 5.74. The van der Waals surface area contributed by atoms with Gasteiger partial charge in [-0.2, -0.15) is 0 Å². The summed E-state index contributed by atoms with van der Waals surface area (Å²) in [7, 11) is -3.55. The van der Waals surface area contributed by atoms with E-state index in [2.05, 4.69) is 0 Å². The van der Waals surface area contributed by atoms with Crippen molar-refractivity contribution in [1.29, 1.82) is 0 Å². The van der Waals surface area contributed by atoms with Gasteiger partial charge >= 0.3 is 5.97 Å². The van der Waals surface area contributed by atoms with Crippen LogP contribution in [0.25, 0.3) is 11.0 Å². The average molecular weight is 402 g/mol. The maximum absolute atomic E-state index is 12.8. The molecular weight excluding hydrogens is 380 g/mol. The average Bonchev–Trinajstić information content (AvgIpc) is 2.97. The fourth-order valence-electron chi connectivity index (χ4n) is 3.03. The van der Waals surface area contributed by atoms with E-state index in [1.165, 1.54) is 12.1 Å². The third-order valence-corrected chi connectivity index (χ3v) is 5.96. The number of esters is 1. The van der Waals surface area contributed by atoms with Gasteiger partial charge in [0.1, 0.15) is 22.7 Å². The van der Waals surface area contributed by atoms with Gasteiger partial charge in [-0.25, -0.2) is 13.2 Å². The molecule has 0 saturated carbocycles. The summed E-state index contributed by atoms with van der Waals surface area (Å²) in [6.45, 7) is 6.03. The van der Waals surface area contributed by atoms with E-state index in [9.17, 15) is 13.2 Å². The summed E-state index contributed by atoms with van der Waals surface area (Å²) >= 11 is 0. The molecule has 0 N–H and O–H groups in total. The number of hydrogen-bond donors (Lipinski definition) is 0. The van der Waals surface area contributed by atoms with E-state index in [1.807, 2.05) is 6.92 Å². The fourth-order valence-corrected chi connectivity index (χ4v) is 4.36. The number of benzene rings is 2. The molecule has 0 fully saturated rings. The molecule has 0 aliphatic rings. The molecule has 0 unspecified atom stereocenters. The van der Waals surface area contributed by atoms with Crippen molar-refractivity contribution in [3.05, 3.63) is 59.4 Å². The highest BCUT2D eigenvalue weighted by Crippen LogP contribution is 2.29. The molecule has 1 heterocycles. The second-order valence-corrected chi connectivity index (χ2v) is 8.24. The van der Waals surface area contributed by atoms with Crippen molar-refractivity contribution in [2.75, 3.05) is 13.2 Å². The zero-order chi connectivity index (χ0) is 20.3. The first-order valence-corrected chi connectivity index (χ1v) is 10.7. The van der Waals surface area contributed by atoms with Gasteiger partial charge in [0.2, 0.25) is 0 Å². The zero-order valence-electron chi connectivity index (χ0n) is 16.0. The topological polar surface area (TPSA) is 82.8 Å². The molecule has 0 saturated heterocycles. The van der Waals surface area contributed by atoms with Gasteiger partial charge in [0, 0.05) is 5.39 Å². The van der Waals surface area contributed by atoms with Crippen LogP contribution in [0.15, 0.2) is 51.8 Å². The molecule has 0 radical (unpaired) electrons. The normalized spacial score (nSPS) is 11.5. The summed E-state index contributed by atoms with van der Waals surface area (Å²) in [6.07, 6.45) is 0. The van der Waals surface area contributed by atoms with Gasteiger partial charge in [0.25, 0.3) is 0 Å². The number of furan rings is 1. The van der Waals surface area contributed by atoms with Crippen molar-refractivity contribution in [2.24, 2.45) is 0 Å². The van der Waals surface area contributed by atoms with E-state index in [1.54, 1.807) is 44.2 Å². The number of carbonyl (C=O) groups is 1. The molecule has 0 bridgehead atoms. The molecule has 0 atom stereocenters. The molecular formula is C21H22O6S. The van der Waals surface area contributed by atoms with Crippen LogP contribution in [-0.4, -0.2) is 27.6 Å². The van der Waals surface area contributed by atoms with E-state index in [-0.39, 0.29) is 17.3 Å². The monoisotopic (exact) mass is 402 g/mol. The van der Waals surface area contributed by atoms with Crippen LogP contribution in [0, 0.1) is 6.92 Å². The predicted molar refractivity (Wildman–Crippen MR) is 105 cm³/mol. The first kappa shape index (κ1) is 19.9. The largest absolute Gasteiger partial charge is 0.494 e. The minimum Gasteiger partial charge on any atom is -0.494 e. The van der Waals surface area contributed by atoms with Crippen molar-refractivity contribution < 1.29 is 27.1 Å². The highest BCUT2D eigenvalue weighted by atomic mass is 32.2. The second-order valence-electron chi connectivity index (χ2n) is 6.25. The Morgan fingerprint density at radius 3 is 2.39 bits per heavy atom. The smallest absolute Gasteiger partial charge is 0.342 e. The Labute approximate surface area is 164 Å². The van der Waals surface area contributed by atoms with Crippen molar-refractivity contribution in [2.45, 2.75) is 31.4 Å². The van der Waals surface area contributed by atoms with Crippen molar-refractivity contribution in [3.8, 4) is 5.75 Å². The molecule has 0 aliphatic heterocycles. The standard InChI is InChI=1S/C21H22O6S/c1-4-25-16-7-9-17(10-8-16)28(23,24)13-15-6-11-19-18(12-15)20(14(3)27-19)21(22)26-5-2/h6-12H,4-5,13H2,1-3H3. The molecule has 1 aromatic heterocycles. The van der Waals surface area contributed by atoms with Crippen LogP contribution in [0.2, 0.25) is 0 Å². The van der Waals surface area contributed by atoms with Gasteiger partial charge in [-0.3, -0.25) is 0 Å². The highest BCUT2D eigenvalue weighted by Gasteiger charge is 2.21. The van der Waals surface area contributed by atoms with Crippen LogP contribution in [0.5, 0.6) is 5.75 Å². The Hall–Kier alpha value is -2.80. The summed E-state index contributed by atoms with van der Waals surface area (Å²) in [4.78, 5) is 12.4. The fraction of sp³-hybridized carbons (Fsp3) is 0.286. The van der Waals surface area contributed by atoms with E-state index in [0.29, 0.717) is 40.2 Å². The number of rotatable bonds is 7. The van der Waals surface area contributed by atoms with E-state index < -0.39 is 15.8 Å². The molecule has 6 nitrogen and oxygen atoms in total. The van der Waals surface area contributed by atoms with Crippen LogP contribution in [0.3, 0.4) is 0 Å². The number of aryl methyl sites for hydroxylation is 1. The van der Waals surface area contributed by atoms with Crippen LogP contribution in [0.1, 0.15) is 35.5 Å². The van der Waals surface area contributed by atoms with E-state index >= 15 is 0 Å². The lowest BCUT2D eigenvalue weighted by Gasteiger charge is -2.07. The van der Waals surface area contributed by atoms with Gasteiger partial charge in [0.05, 0.1) is 23.9 Å². The predicted octanol–water partition coefficient (Wildman–Crippen LogP) is 4.29. The van der Waals surface area contributed by atoms with Crippen LogP contribution in [0.4, 0.5) is 0 Å². The number of fused-ring (bicyclic) bond motifs is 1. The number of carbonyl (C=O) groups excluding carboxylic acids is 1. The van der Waals surface area contributed by atoms with Crippen molar-refractivity contribution in [3.63, 3.8) is 0 Å². The summed E-state index contributed by atoms with van der Waals surface area (Å²) in [5, 5.41) is 0.551. The Morgan fingerprint density at radius 2 is 1.75 bits per heavy atom. The molecule has 3 rings (SSSR count). The quantitative estimate of drug-likeness (QED) is 0.548. The van der Waals surface area contributed by atoms with Gasteiger partial charge in [-0.05, 0) is 62.7 Å². The van der Waals surface area contributed by atoms with Crippen molar-refractivity contribution in [1.82, 2.24) is 0 Å². The maximum Gasteiger partial charge on any atom is 0.342 e. The first-order valence-electron chi connectivity index (χ1n) is 9.00. The highest BCUT2D eigenvalue weighted by molar-refractivity contribution is 7.90. The number of ether oxygens (including phenoxy) is 2. The lowest BCUT2D eigenvalue weighted by atomic mass is 10.1. The molecule has 0 amide bonds. The molecule has 28 heavy (non-hydrogen) atoms. The molecule has 0 spiro atoms. The minimum atomic E-state index is -3.55. The second kappa shape index (κ2) is 8.06. The van der Waals surface area contributed by atoms with Crippen LogP contribution < -0.4 is 4.74 Å². The maximum atomic E-state index is 12.8. The van der Waals surface area contributed by atoms with Crippen molar-refractivity contribution >= 4 is 26.8 Å². The van der Waals surface area contributed by atoms with E-state index in [0.717, 1.165) is 0 Å².